The molecule has 0 saturated carbocycles. The zero-order chi connectivity index (χ0) is 19.4. The molecule has 0 heterocycles. The first-order valence-corrected chi connectivity index (χ1v) is 10.5. The number of aliphatic carboxylic acids is 1. The highest BCUT2D eigenvalue weighted by Gasteiger charge is 2.20. The second-order valence-electron chi connectivity index (χ2n) is 5.40. The van der Waals surface area contributed by atoms with Crippen molar-refractivity contribution >= 4 is 79.6 Å². The van der Waals surface area contributed by atoms with Gasteiger partial charge in [-0.25, -0.2) is 4.79 Å². The summed E-state index contributed by atoms with van der Waals surface area (Å²) in [4.78, 5) is 22.5. The van der Waals surface area contributed by atoms with E-state index in [1.54, 1.807) is 18.2 Å². The van der Waals surface area contributed by atoms with Crippen LogP contribution in [-0.4, -0.2) is 28.1 Å². The molecule has 9 heteroatoms. The number of carbonyl (C=O) groups is 2. The van der Waals surface area contributed by atoms with Gasteiger partial charge in [-0.3, -0.25) is 4.79 Å². The largest absolute Gasteiger partial charge is 0.507 e. The molecular formula is C17H14I3NO5. The van der Waals surface area contributed by atoms with Crippen LogP contribution in [0, 0.1) is 10.7 Å². The van der Waals surface area contributed by atoms with Gasteiger partial charge < -0.3 is 20.3 Å². The molecule has 26 heavy (non-hydrogen) atoms. The van der Waals surface area contributed by atoms with Gasteiger partial charge in [0.2, 0.25) is 5.91 Å². The van der Waals surface area contributed by atoms with Crippen molar-refractivity contribution in [2.24, 2.45) is 0 Å². The monoisotopic (exact) mass is 693 g/mol. The number of halogens is 3. The molecule has 0 aromatic heterocycles. The van der Waals surface area contributed by atoms with E-state index in [9.17, 15) is 19.8 Å². The lowest BCUT2D eigenvalue weighted by Gasteiger charge is -2.16. The van der Waals surface area contributed by atoms with E-state index in [-0.39, 0.29) is 18.1 Å². The van der Waals surface area contributed by atoms with Crippen molar-refractivity contribution in [1.29, 1.82) is 0 Å². The number of hydrogen-bond donors (Lipinski definition) is 3. The highest BCUT2D eigenvalue weighted by atomic mass is 127. The second kappa shape index (κ2) is 9.39. The molecule has 3 N–H and O–H groups in total. The normalized spacial score (nSPS) is 11.7. The highest BCUT2D eigenvalue weighted by molar-refractivity contribution is 14.1. The summed E-state index contributed by atoms with van der Waals surface area (Å²) < 4.78 is 8.25. The van der Waals surface area contributed by atoms with Crippen LogP contribution in [-0.2, 0) is 16.0 Å². The van der Waals surface area contributed by atoms with Crippen molar-refractivity contribution in [1.82, 2.24) is 5.32 Å². The summed E-state index contributed by atoms with van der Waals surface area (Å²) in [6, 6.07) is 7.66. The topological polar surface area (TPSA) is 95.9 Å². The minimum Gasteiger partial charge on any atom is -0.507 e. The molecule has 1 atom stereocenters. The van der Waals surface area contributed by atoms with Crippen LogP contribution in [0.4, 0.5) is 0 Å². The molecule has 0 bridgehead atoms. The highest BCUT2D eigenvalue weighted by Crippen LogP contribution is 2.35. The zero-order valence-corrected chi connectivity index (χ0v) is 19.9. The Balaban J connectivity index is 2.25. The lowest BCUT2D eigenvalue weighted by atomic mass is 10.1. The average molecular weight is 693 g/mol. The first-order valence-electron chi connectivity index (χ1n) is 7.31. The third-order valence-electron chi connectivity index (χ3n) is 3.31. The van der Waals surface area contributed by atoms with Gasteiger partial charge in [0.1, 0.15) is 17.5 Å². The summed E-state index contributed by atoms with van der Waals surface area (Å²) in [6.07, 6.45) is 0.179. The van der Waals surface area contributed by atoms with Crippen LogP contribution < -0.4 is 10.1 Å². The quantitative estimate of drug-likeness (QED) is 0.396. The van der Waals surface area contributed by atoms with Crippen molar-refractivity contribution < 1.29 is 24.5 Å². The number of hydrogen-bond acceptors (Lipinski definition) is 4. The van der Waals surface area contributed by atoms with Crippen molar-refractivity contribution in [3.8, 4) is 17.2 Å². The number of phenolic OH excluding ortho intramolecular Hbond substituents is 1. The number of amides is 1. The second-order valence-corrected chi connectivity index (χ2v) is 8.89. The molecule has 0 spiro atoms. The number of carboxylic acid groups (broad SMARTS) is 1. The predicted molar refractivity (Wildman–Crippen MR) is 122 cm³/mol. The van der Waals surface area contributed by atoms with Gasteiger partial charge in [0.15, 0.2) is 5.75 Å². The van der Waals surface area contributed by atoms with E-state index in [0.717, 1.165) is 12.7 Å². The minimum absolute atomic E-state index is 0.179. The molecule has 2 aromatic carbocycles. The van der Waals surface area contributed by atoms with Gasteiger partial charge in [-0.15, -0.1) is 0 Å². The maximum Gasteiger partial charge on any atom is 0.326 e. The molecule has 1 amide bonds. The summed E-state index contributed by atoms with van der Waals surface area (Å²) in [5.74, 6) is -0.0245. The van der Waals surface area contributed by atoms with Gasteiger partial charge in [0.05, 0.1) is 10.7 Å². The first kappa shape index (κ1) is 21.5. The van der Waals surface area contributed by atoms with Gasteiger partial charge in [-0.05, 0) is 104 Å². The van der Waals surface area contributed by atoms with Gasteiger partial charge in [-0.2, -0.15) is 0 Å². The molecule has 0 saturated heterocycles. The summed E-state index contributed by atoms with van der Waals surface area (Å²) in [5.41, 5.74) is 0.785. The van der Waals surface area contributed by atoms with Crippen LogP contribution in [0.1, 0.15) is 12.5 Å². The summed E-state index contributed by atoms with van der Waals surface area (Å²) in [7, 11) is 0. The fourth-order valence-corrected chi connectivity index (χ4v) is 4.78. The maximum absolute atomic E-state index is 11.3. The van der Waals surface area contributed by atoms with Crippen molar-refractivity contribution in [3.05, 3.63) is 46.6 Å². The molecule has 2 rings (SSSR count). The standard InChI is InChI=1S/C17H14I3NO5/c1-8(22)21-14(17(24)25)6-9-4-12(19)16(13(20)5-9)26-10-2-3-15(23)11(18)7-10/h2-5,7,14,23H,6H2,1H3,(H,21,22)(H,24,25)/t14-/m0/s1. The van der Waals surface area contributed by atoms with E-state index in [1.165, 1.54) is 6.92 Å². The zero-order valence-electron chi connectivity index (χ0n) is 13.4. The molecule has 6 nitrogen and oxygen atoms in total. The van der Waals surface area contributed by atoms with E-state index < -0.39 is 12.0 Å². The van der Waals surface area contributed by atoms with Crippen LogP contribution in [0.15, 0.2) is 30.3 Å². The Kier molecular flexibility index (Phi) is 7.76. The van der Waals surface area contributed by atoms with E-state index in [0.29, 0.717) is 15.1 Å². The van der Waals surface area contributed by atoms with E-state index in [2.05, 4.69) is 50.5 Å². The van der Waals surface area contributed by atoms with Crippen molar-refractivity contribution in [2.75, 3.05) is 0 Å². The van der Waals surface area contributed by atoms with Crippen molar-refractivity contribution in [2.45, 2.75) is 19.4 Å². The molecule has 0 unspecified atom stereocenters. The molecular weight excluding hydrogens is 679 g/mol. The number of ether oxygens (including phenoxy) is 1. The van der Waals surface area contributed by atoms with Crippen LogP contribution in [0.2, 0.25) is 0 Å². The fraction of sp³-hybridized carbons (Fsp3) is 0.176. The first-order chi connectivity index (χ1) is 12.2. The third-order valence-corrected chi connectivity index (χ3v) is 5.78. The third kappa shape index (κ3) is 5.84. The Morgan fingerprint density at radius 3 is 2.23 bits per heavy atom. The maximum atomic E-state index is 11.3. The number of aromatic hydroxyl groups is 1. The molecule has 0 aliphatic carbocycles. The number of nitrogens with one attached hydrogen (secondary N) is 1. The van der Waals surface area contributed by atoms with E-state index in [1.807, 2.05) is 34.7 Å². The smallest absolute Gasteiger partial charge is 0.326 e. The van der Waals surface area contributed by atoms with Crippen LogP contribution in [0.3, 0.4) is 0 Å². The van der Waals surface area contributed by atoms with Crippen molar-refractivity contribution in [3.63, 3.8) is 0 Å². The average Bonchev–Trinajstić information content (AvgIpc) is 2.53. The van der Waals surface area contributed by atoms with E-state index in [4.69, 9.17) is 4.74 Å². The number of benzene rings is 2. The number of carbonyl (C=O) groups excluding carboxylic acids is 1. The summed E-state index contributed by atoms with van der Waals surface area (Å²) in [6.45, 7) is 1.29. The number of rotatable bonds is 6. The Hall–Kier alpha value is -0.830. The Morgan fingerprint density at radius 1 is 1.12 bits per heavy atom. The molecule has 138 valence electrons. The lowest BCUT2D eigenvalue weighted by Crippen LogP contribution is -2.41. The van der Waals surface area contributed by atoms with Gasteiger partial charge in [-0.1, -0.05) is 0 Å². The molecule has 2 aromatic rings. The Morgan fingerprint density at radius 2 is 1.73 bits per heavy atom. The molecule has 0 radical (unpaired) electrons. The fourth-order valence-electron chi connectivity index (χ4n) is 2.18. The Labute approximate surface area is 191 Å². The van der Waals surface area contributed by atoms with E-state index >= 15 is 0 Å². The lowest BCUT2D eigenvalue weighted by molar-refractivity contribution is -0.141. The predicted octanol–water partition coefficient (Wildman–Crippen LogP) is 4.13. The molecule has 0 aliphatic rings. The summed E-state index contributed by atoms with van der Waals surface area (Å²) >= 11 is 6.28. The number of carboxylic acids is 1. The molecule has 0 aliphatic heterocycles. The minimum atomic E-state index is -1.08. The van der Waals surface area contributed by atoms with Crippen LogP contribution >= 0.6 is 67.8 Å². The van der Waals surface area contributed by atoms with Gasteiger partial charge in [0, 0.05) is 13.3 Å². The van der Waals surface area contributed by atoms with Crippen LogP contribution in [0.25, 0.3) is 0 Å². The van der Waals surface area contributed by atoms with Gasteiger partial charge >= 0.3 is 5.97 Å². The Bertz CT molecular complexity index is 833. The summed E-state index contributed by atoms with van der Waals surface area (Å²) in [5, 5.41) is 21.3. The SMILES string of the molecule is CC(=O)N[C@@H](Cc1cc(I)c(Oc2ccc(O)c(I)c2)c(I)c1)C(=O)O. The molecule has 0 fully saturated rings. The van der Waals surface area contributed by atoms with Gasteiger partial charge in [0.25, 0.3) is 0 Å². The van der Waals surface area contributed by atoms with Crippen LogP contribution in [0.5, 0.6) is 17.2 Å². The number of phenols is 1.